The molecule has 2 atom stereocenters. The standard InChI is InChI=1S/C28H32FN5O4S/c1-16(12-23(36)25-17(2)32-28(39-25)33-18(3)35)20-6-8-21(9-7-20)38-22-10-11-34(13-22)26-24(29)27(31-15-30-26)37-14-19-4-5-19/h6-9,15-16,19,22H,4-5,10-14H2,1-3H3,(H,32,33,35)/t16-,22?/m1/s1. The quantitative estimate of drug-likeness (QED) is 0.325. The Kier molecular flexibility index (Phi) is 8.06. The first-order chi connectivity index (χ1) is 18.8. The second-order valence-electron chi connectivity index (χ2n) is 10.3. The molecular formula is C28H32FN5O4S. The van der Waals surface area contributed by atoms with Gasteiger partial charge in [0.15, 0.2) is 16.7 Å². The summed E-state index contributed by atoms with van der Waals surface area (Å²) in [5.74, 6) is 0.747. The number of nitrogens with zero attached hydrogens (tertiary/aromatic N) is 4. The molecule has 0 radical (unpaired) electrons. The van der Waals surface area contributed by atoms with Crippen LogP contribution in [0, 0.1) is 18.7 Å². The number of thiazole rings is 1. The van der Waals surface area contributed by atoms with Crippen LogP contribution >= 0.6 is 11.3 Å². The van der Waals surface area contributed by atoms with Crippen molar-refractivity contribution in [3.05, 3.63) is 52.5 Å². The number of halogens is 1. The van der Waals surface area contributed by atoms with Gasteiger partial charge in [0.1, 0.15) is 18.2 Å². The van der Waals surface area contributed by atoms with Crippen LogP contribution in [0.5, 0.6) is 11.6 Å². The molecule has 2 aromatic heterocycles. The molecule has 39 heavy (non-hydrogen) atoms. The maximum Gasteiger partial charge on any atom is 0.255 e. The van der Waals surface area contributed by atoms with Crippen molar-refractivity contribution in [2.75, 3.05) is 29.9 Å². The topological polar surface area (TPSA) is 107 Å². The highest BCUT2D eigenvalue weighted by molar-refractivity contribution is 7.17. The van der Waals surface area contributed by atoms with Gasteiger partial charge < -0.3 is 19.7 Å². The number of carbonyl (C=O) groups is 2. The second-order valence-corrected chi connectivity index (χ2v) is 11.3. The monoisotopic (exact) mass is 553 g/mol. The first kappa shape index (κ1) is 27.0. The lowest BCUT2D eigenvalue weighted by atomic mass is 9.95. The number of anilines is 2. The summed E-state index contributed by atoms with van der Waals surface area (Å²) in [4.78, 5) is 39.0. The van der Waals surface area contributed by atoms with Gasteiger partial charge in [-0.25, -0.2) is 9.97 Å². The first-order valence-corrected chi connectivity index (χ1v) is 14.0. The van der Waals surface area contributed by atoms with Crippen molar-refractivity contribution in [2.45, 2.75) is 58.5 Å². The van der Waals surface area contributed by atoms with Crippen molar-refractivity contribution in [3.8, 4) is 11.6 Å². The Morgan fingerprint density at radius 3 is 2.69 bits per heavy atom. The molecule has 1 aliphatic carbocycles. The van der Waals surface area contributed by atoms with Crippen LogP contribution < -0.4 is 19.7 Å². The Morgan fingerprint density at radius 2 is 1.97 bits per heavy atom. The van der Waals surface area contributed by atoms with Gasteiger partial charge in [-0.2, -0.15) is 9.37 Å². The summed E-state index contributed by atoms with van der Waals surface area (Å²) < 4.78 is 26.7. The van der Waals surface area contributed by atoms with E-state index in [-0.39, 0.29) is 35.4 Å². The summed E-state index contributed by atoms with van der Waals surface area (Å²) in [6, 6.07) is 7.74. The summed E-state index contributed by atoms with van der Waals surface area (Å²) >= 11 is 1.20. The Hall–Kier alpha value is -3.60. The Morgan fingerprint density at radius 1 is 1.21 bits per heavy atom. The number of ether oxygens (including phenoxy) is 2. The molecular weight excluding hydrogens is 521 g/mol. The van der Waals surface area contributed by atoms with Crippen LogP contribution in [0.4, 0.5) is 15.3 Å². The van der Waals surface area contributed by atoms with Gasteiger partial charge in [0.05, 0.1) is 23.7 Å². The number of aryl methyl sites for hydroxylation is 1. The van der Waals surface area contributed by atoms with E-state index in [4.69, 9.17) is 9.47 Å². The zero-order valence-corrected chi connectivity index (χ0v) is 23.1. The zero-order valence-electron chi connectivity index (χ0n) is 22.3. The van der Waals surface area contributed by atoms with Gasteiger partial charge in [0, 0.05) is 26.3 Å². The molecule has 1 aliphatic heterocycles. The molecule has 5 rings (SSSR count). The third kappa shape index (κ3) is 6.70. The van der Waals surface area contributed by atoms with Crippen molar-refractivity contribution >= 4 is 34.0 Å². The van der Waals surface area contributed by atoms with Crippen LogP contribution in [0.1, 0.15) is 66.4 Å². The summed E-state index contributed by atoms with van der Waals surface area (Å²) in [5.41, 5.74) is 1.65. The highest BCUT2D eigenvalue weighted by Crippen LogP contribution is 2.32. The van der Waals surface area contributed by atoms with E-state index in [2.05, 4.69) is 20.3 Å². The van der Waals surface area contributed by atoms with Crippen molar-refractivity contribution in [1.82, 2.24) is 15.0 Å². The zero-order chi connectivity index (χ0) is 27.5. The number of nitrogens with one attached hydrogen (secondary N) is 1. The number of hydrogen-bond acceptors (Lipinski definition) is 9. The van der Waals surface area contributed by atoms with E-state index >= 15 is 0 Å². The lowest BCUT2D eigenvalue weighted by molar-refractivity contribution is -0.114. The number of aromatic nitrogens is 3. The second kappa shape index (κ2) is 11.6. The van der Waals surface area contributed by atoms with E-state index in [0.29, 0.717) is 47.7 Å². The summed E-state index contributed by atoms with van der Waals surface area (Å²) in [7, 11) is 0. The Balaban J connectivity index is 1.14. The minimum Gasteiger partial charge on any atom is -0.489 e. The summed E-state index contributed by atoms with van der Waals surface area (Å²) in [6.07, 6.45) is 4.55. The van der Waals surface area contributed by atoms with Gasteiger partial charge >= 0.3 is 0 Å². The van der Waals surface area contributed by atoms with E-state index in [1.165, 1.54) is 24.6 Å². The third-order valence-corrected chi connectivity index (χ3v) is 8.03. The Labute approximate surface area is 230 Å². The predicted octanol–water partition coefficient (Wildman–Crippen LogP) is 5.16. The molecule has 2 aliphatic rings. The maximum atomic E-state index is 15.0. The van der Waals surface area contributed by atoms with E-state index in [1.807, 2.05) is 36.1 Å². The van der Waals surface area contributed by atoms with Crippen LogP contribution in [0.15, 0.2) is 30.6 Å². The molecule has 0 bridgehead atoms. The largest absolute Gasteiger partial charge is 0.489 e. The maximum absolute atomic E-state index is 15.0. The number of hydrogen-bond donors (Lipinski definition) is 1. The van der Waals surface area contributed by atoms with Gasteiger partial charge in [0.25, 0.3) is 5.88 Å². The molecule has 0 spiro atoms. The van der Waals surface area contributed by atoms with Gasteiger partial charge in [-0.15, -0.1) is 0 Å². The smallest absolute Gasteiger partial charge is 0.255 e. The van der Waals surface area contributed by atoms with Crippen LogP contribution in [-0.2, 0) is 4.79 Å². The van der Waals surface area contributed by atoms with Gasteiger partial charge in [0.2, 0.25) is 11.7 Å². The number of Topliss-reactive ketones (excluding diaryl/α,β-unsaturated/α-hetero) is 1. The van der Waals surface area contributed by atoms with Gasteiger partial charge in [-0.3, -0.25) is 9.59 Å². The number of amides is 1. The van der Waals surface area contributed by atoms with Crippen molar-refractivity contribution in [3.63, 3.8) is 0 Å². The summed E-state index contributed by atoms with van der Waals surface area (Å²) in [5, 5.41) is 3.08. The molecule has 206 valence electrons. The molecule has 1 aromatic carbocycles. The molecule has 1 unspecified atom stereocenters. The molecule has 1 N–H and O–H groups in total. The number of rotatable bonds is 11. The fraction of sp³-hybridized carbons (Fsp3) is 0.464. The molecule has 11 heteroatoms. The molecule has 3 heterocycles. The van der Waals surface area contributed by atoms with E-state index in [1.54, 1.807) is 6.92 Å². The molecule has 1 saturated heterocycles. The molecule has 1 saturated carbocycles. The summed E-state index contributed by atoms with van der Waals surface area (Å²) in [6.45, 7) is 6.82. The van der Waals surface area contributed by atoms with Crippen LogP contribution in [-0.4, -0.2) is 52.4 Å². The number of carbonyl (C=O) groups excluding carboxylic acids is 2. The molecule has 2 fully saturated rings. The van der Waals surface area contributed by atoms with Crippen LogP contribution in [0.3, 0.4) is 0 Å². The van der Waals surface area contributed by atoms with Gasteiger partial charge in [-0.05, 0) is 49.3 Å². The SMILES string of the molecule is CC(=O)Nc1nc(C)c(C(=O)C[C@@H](C)c2ccc(OC3CCN(c4ncnc(OCC5CC5)c4F)C3)cc2)s1. The van der Waals surface area contributed by atoms with Crippen molar-refractivity contribution < 1.29 is 23.5 Å². The third-order valence-electron chi connectivity index (χ3n) is 6.91. The van der Waals surface area contributed by atoms with Crippen molar-refractivity contribution in [2.24, 2.45) is 5.92 Å². The fourth-order valence-corrected chi connectivity index (χ4v) is 5.54. The molecule has 1 amide bonds. The first-order valence-electron chi connectivity index (χ1n) is 13.2. The molecule has 9 nitrogen and oxygen atoms in total. The van der Waals surface area contributed by atoms with Crippen LogP contribution in [0.25, 0.3) is 0 Å². The average Bonchev–Trinajstić information content (AvgIpc) is 3.50. The van der Waals surface area contributed by atoms with E-state index in [9.17, 15) is 14.0 Å². The average molecular weight is 554 g/mol. The highest BCUT2D eigenvalue weighted by Gasteiger charge is 2.29. The lowest BCUT2D eigenvalue weighted by Gasteiger charge is -2.19. The normalized spacial score (nSPS) is 17.6. The van der Waals surface area contributed by atoms with Gasteiger partial charge in [-0.1, -0.05) is 30.4 Å². The highest BCUT2D eigenvalue weighted by atomic mass is 32.1. The molecule has 3 aromatic rings. The minimum absolute atomic E-state index is 0.00136. The van der Waals surface area contributed by atoms with E-state index in [0.717, 1.165) is 30.6 Å². The number of ketones is 1. The van der Waals surface area contributed by atoms with E-state index < -0.39 is 5.82 Å². The Bertz CT molecular complexity index is 1340. The van der Waals surface area contributed by atoms with Crippen molar-refractivity contribution in [1.29, 1.82) is 0 Å². The lowest BCUT2D eigenvalue weighted by Crippen LogP contribution is -2.26. The predicted molar refractivity (Wildman–Crippen MR) is 146 cm³/mol. The number of benzene rings is 1. The fourth-order valence-electron chi connectivity index (χ4n) is 4.58. The minimum atomic E-state index is -0.522. The van der Waals surface area contributed by atoms with Crippen LogP contribution in [0.2, 0.25) is 0 Å².